The molecule has 0 saturated carbocycles. The smallest absolute Gasteiger partial charge is 0.330 e. The predicted octanol–water partition coefficient (Wildman–Crippen LogP) is 2.35. The van der Waals surface area contributed by atoms with E-state index in [1.807, 2.05) is 0 Å². The summed E-state index contributed by atoms with van der Waals surface area (Å²) in [7, 11) is 4.46. The van der Waals surface area contributed by atoms with Gasteiger partial charge in [-0.3, -0.25) is 19.4 Å². The molecule has 196 valence electrons. The van der Waals surface area contributed by atoms with E-state index >= 15 is 0 Å². The van der Waals surface area contributed by atoms with Crippen molar-refractivity contribution in [1.29, 1.82) is 0 Å². The molecule has 4 amide bonds. The van der Waals surface area contributed by atoms with Crippen LogP contribution in [0.3, 0.4) is 0 Å². The number of nitrogens with zero attached hydrogens (tertiary/aromatic N) is 4. The second-order valence-electron chi connectivity index (χ2n) is 8.31. The molecule has 3 N–H and O–H groups in total. The van der Waals surface area contributed by atoms with Crippen LogP contribution in [0, 0.1) is 0 Å². The highest BCUT2D eigenvalue weighted by Crippen LogP contribution is 2.47. The Morgan fingerprint density at radius 3 is 2.51 bits per heavy atom. The first-order valence-electron chi connectivity index (χ1n) is 11.2. The summed E-state index contributed by atoms with van der Waals surface area (Å²) in [4.78, 5) is 48.8. The number of urea groups is 1. The molecule has 2 aliphatic heterocycles. The molecular weight excluding hydrogens is 525 g/mol. The van der Waals surface area contributed by atoms with Crippen LogP contribution in [-0.4, -0.2) is 67.7 Å². The maximum Gasteiger partial charge on any atom is 0.330 e. The van der Waals surface area contributed by atoms with Gasteiger partial charge >= 0.3 is 6.03 Å². The zero-order valence-electron chi connectivity index (χ0n) is 20.3. The summed E-state index contributed by atoms with van der Waals surface area (Å²) in [5, 5.41) is 8.92. The van der Waals surface area contributed by atoms with Gasteiger partial charge in [-0.25, -0.2) is 9.78 Å². The van der Waals surface area contributed by atoms with Crippen molar-refractivity contribution in [3.63, 3.8) is 0 Å². The zero-order valence-corrected chi connectivity index (χ0v) is 21.8. The Hall–Kier alpha value is -3.77. The van der Waals surface area contributed by atoms with Crippen LogP contribution in [0.15, 0.2) is 24.9 Å². The maximum atomic E-state index is 13.4. The highest BCUT2D eigenvalue weighted by Gasteiger charge is 2.36. The Balaban J connectivity index is 1.63. The molecule has 3 heterocycles. The lowest BCUT2D eigenvalue weighted by Gasteiger charge is -2.36. The number of benzene rings is 1. The quantitative estimate of drug-likeness (QED) is 0.447. The number of nitrogens with one attached hydrogen (secondary N) is 3. The van der Waals surface area contributed by atoms with Crippen molar-refractivity contribution in [2.45, 2.75) is 25.0 Å². The fourth-order valence-electron chi connectivity index (χ4n) is 4.15. The number of aromatic nitrogens is 2. The van der Waals surface area contributed by atoms with Crippen LogP contribution in [0.5, 0.6) is 11.5 Å². The molecule has 1 fully saturated rings. The van der Waals surface area contributed by atoms with E-state index in [1.54, 1.807) is 13.2 Å². The number of fused-ring (bicyclic) bond motifs is 1. The Kier molecular flexibility index (Phi) is 7.60. The van der Waals surface area contributed by atoms with Crippen LogP contribution in [0.2, 0.25) is 10.0 Å². The predicted molar refractivity (Wildman–Crippen MR) is 139 cm³/mol. The molecule has 0 bridgehead atoms. The summed E-state index contributed by atoms with van der Waals surface area (Å²) in [5.74, 6) is 0.617. The van der Waals surface area contributed by atoms with Crippen LogP contribution >= 0.6 is 23.2 Å². The number of ether oxygens (including phenoxy) is 2. The molecule has 0 radical (unpaired) electrons. The molecule has 2 aliphatic rings. The fraction of sp³-hybridized carbons (Fsp3) is 0.348. The topological polar surface area (TPSA) is 138 Å². The van der Waals surface area contributed by atoms with Gasteiger partial charge in [0.05, 0.1) is 38.5 Å². The standard InChI is InChI=1S/C23H25Cl2N7O5/c1-5-16(33)28-13-9-26-17(34)6-12(13)29-22-27-8-11-10-32(23(35)31(2)21(11)30-22)20-18(24)14(36-3)7-15(37-4)19(20)25/h5,7-8,12-13H,1,6,9-10H2,2-4H3,(H,26,34)(H,28,33)(H,27,29,30). The van der Waals surface area contributed by atoms with Crippen molar-refractivity contribution in [1.82, 2.24) is 20.6 Å². The molecule has 14 heteroatoms. The Morgan fingerprint density at radius 2 is 1.89 bits per heavy atom. The highest BCUT2D eigenvalue weighted by molar-refractivity contribution is 6.42. The van der Waals surface area contributed by atoms with Gasteiger partial charge in [-0.2, -0.15) is 4.98 Å². The third kappa shape index (κ3) is 5.07. The van der Waals surface area contributed by atoms with Crippen molar-refractivity contribution < 1.29 is 23.9 Å². The minimum Gasteiger partial charge on any atom is -0.495 e. The molecule has 37 heavy (non-hydrogen) atoms. The Bertz CT molecular complexity index is 1250. The Morgan fingerprint density at radius 1 is 1.22 bits per heavy atom. The first kappa shape index (κ1) is 26.3. The zero-order chi connectivity index (χ0) is 26.9. The number of piperidine rings is 1. The summed E-state index contributed by atoms with van der Waals surface area (Å²) in [6.45, 7) is 3.77. The maximum absolute atomic E-state index is 13.4. The van der Waals surface area contributed by atoms with E-state index in [-0.39, 0.29) is 53.0 Å². The van der Waals surface area contributed by atoms with Gasteiger partial charge in [0.2, 0.25) is 17.8 Å². The largest absolute Gasteiger partial charge is 0.495 e. The number of rotatable bonds is 7. The average molecular weight is 550 g/mol. The van der Waals surface area contributed by atoms with Gasteiger partial charge < -0.3 is 25.4 Å². The van der Waals surface area contributed by atoms with Crippen molar-refractivity contribution in [3.8, 4) is 11.5 Å². The fourth-order valence-corrected chi connectivity index (χ4v) is 4.86. The molecule has 1 aromatic carbocycles. The van der Waals surface area contributed by atoms with Crippen LogP contribution in [0.1, 0.15) is 12.0 Å². The molecule has 1 saturated heterocycles. The first-order valence-corrected chi connectivity index (χ1v) is 11.9. The molecule has 2 atom stereocenters. The number of carbonyl (C=O) groups is 3. The monoisotopic (exact) mass is 549 g/mol. The van der Waals surface area contributed by atoms with Gasteiger partial charge in [-0.05, 0) is 6.08 Å². The van der Waals surface area contributed by atoms with Crippen molar-refractivity contribution in [3.05, 3.63) is 40.5 Å². The van der Waals surface area contributed by atoms with Crippen LogP contribution in [0.4, 0.5) is 22.2 Å². The third-order valence-corrected chi connectivity index (χ3v) is 6.79. The lowest BCUT2D eigenvalue weighted by Crippen LogP contribution is -2.58. The summed E-state index contributed by atoms with van der Waals surface area (Å²) < 4.78 is 10.7. The molecule has 0 aliphatic carbocycles. The van der Waals surface area contributed by atoms with Crippen LogP contribution in [0.25, 0.3) is 0 Å². The lowest BCUT2D eigenvalue weighted by atomic mass is 10.0. The number of halogens is 2. The van der Waals surface area contributed by atoms with Crippen molar-refractivity contribution in [2.24, 2.45) is 0 Å². The lowest BCUT2D eigenvalue weighted by molar-refractivity contribution is -0.124. The van der Waals surface area contributed by atoms with E-state index in [2.05, 4.69) is 32.5 Å². The summed E-state index contributed by atoms with van der Waals surface area (Å²) >= 11 is 13.1. The Labute approximate surface area is 222 Å². The second-order valence-corrected chi connectivity index (χ2v) is 9.06. The number of methoxy groups -OCH3 is 2. The molecule has 2 aromatic rings. The summed E-state index contributed by atoms with van der Waals surface area (Å²) in [6, 6.07) is 0.213. The first-order chi connectivity index (χ1) is 17.7. The summed E-state index contributed by atoms with van der Waals surface area (Å²) in [6.07, 6.45) is 2.82. The summed E-state index contributed by atoms with van der Waals surface area (Å²) in [5.41, 5.74) is 0.859. The second kappa shape index (κ2) is 10.7. The van der Waals surface area contributed by atoms with E-state index < -0.39 is 18.1 Å². The number of anilines is 3. The molecule has 12 nitrogen and oxygen atoms in total. The minimum atomic E-state index is -0.473. The van der Waals surface area contributed by atoms with Gasteiger partial charge in [0.1, 0.15) is 27.4 Å². The van der Waals surface area contributed by atoms with Gasteiger partial charge in [-0.15, -0.1) is 0 Å². The van der Waals surface area contributed by atoms with E-state index in [0.717, 1.165) is 6.08 Å². The van der Waals surface area contributed by atoms with E-state index in [4.69, 9.17) is 32.7 Å². The molecular formula is C23H25Cl2N7O5. The van der Waals surface area contributed by atoms with Gasteiger partial charge in [0, 0.05) is 37.8 Å². The molecule has 4 rings (SSSR count). The van der Waals surface area contributed by atoms with E-state index in [9.17, 15) is 14.4 Å². The average Bonchev–Trinajstić information content (AvgIpc) is 2.89. The third-order valence-electron chi connectivity index (χ3n) is 6.06. The number of hydrogen-bond acceptors (Lipinski definition) is 8. The number of carbonyl (C=O) groups excluding carboxylic acids is 3. The number of hydrogen-bond donors (Lipinski definition) is 3. The van der Waals surface area contributed by atoms with Crippen LogP contribution < -0.4 is 35.2 Å². The van der Waals surface area contributed by atoms with E-state index in [0.29, 0.717) is 22.9 Å². The van der Waals surface area contributed by atoms with Gasteiger partial charge in [0.15, 0.2) is 0 Å². The SMILES string of the molecule is C=CC(=O)NC1CNC(=O)CC1Nc1ncc2c(n1)N(C)C(=O)N(c1c(Cl)c(OC)cc(OC)c1Cl)C2. The molecule has 0 spiro atoms. The van der Waals surface area contributed by atoms with Crippen LogP contribution in [-0.2, 0) is 16.1 Å². The number of amides is 4. The highest BCUT2D eigenvalue weighted by atomic mass is 35.5. The normalized spacial score (nSPS) is 19.1. The molecule has 2 unspecified atom stereocenters. The van der Waals surface area contributed by atoms with Crippen molar-refractivity contribution in [2.75, 3.05) is 42.9 Å². The minimum absolute atomic E-state index is 0.0817. The van der Waals surface area contributed by atoms with Crippen molar-refractivity contribution >= 4 is 58.5 Å². The van der Waals surface area contributed by atoms with Gasteiger partial charge in [-0.1, -0.05) is 29.8 Å². The van der Waals surface area contributed by atoms with Gasteiger partial charge in [0.25, 0.3) is 0 Å². The van der Waals surface area contributed by atoms with E-state index in [1.165, 1.54) is 30.1 Å². The molecule has 1 aromatic heterocycles.